The summed E-state index contributed by atoms with van der Waals surface area (Å²) in [7, 11) is 0. The Balaban J connectivity index is 1.78. The Hall–Kier alpha value is -1.30. The zero-order valence-electron chi connectivity index (χ0n) is 14.4. The molecular weight excluding hydrogens is 469 g/mol. The van der Waals surface area contributed by atoms with Crippen LogP contribution >= 0.6 is 58.0 Å². The van der Waals surface area contributed by atoms with Gasteiger partial charge in [0, 0.05) is 23.6 Å². The van der Waals surface area contributed by atoms with Crippen LogP contribution < -0.4 is 9.47 Å². The fourth-order valence-corrected chi connectivity index (χ4v) is 2.85. The van der Waals surface area contributed by atoms with E-state index in [0.717, 1.165) is 0 Å². The minimum Gasteiger partial charge on any atom is -0.490 e. The van der Waals surface area contributed by atoms with E-state index in [1.165, 1.54) is 6.08 Å². The van der Waals surface area contributed by atoms with Crippen molar-refractivity contribution in [3.05, 3.63) is 67.6 Å². The van der Waals surface area contributed by atoms with Gasteiger partial charge in [0.1, 0.15) is 16.8 Å². The largest absolute Gasteiger partial charge is 0.490 e. The van der Waals surface area contributed by atoms with E-state index in [0.29, 0.717) is 38.6 Å². The molecule has 0 fully saturated rings. The molecule has 2 aromatic rings. The molecular formula is C19H15Cl5O4. The van der Waals surface area contributed by atoms with Crippen LogP contribution in [0.4, 0.5) is 0 Å². The first-order valence-electron chi connectivity index (χ1n) is 8.05. The zero-order chi connectivity index (χ0) is 20.5. The molecule has 2 rings (SSSR count). The molecule has 0 aliphatic carbocycles. The molecule has 0 aromatic heterocycles. The van der Waals surface area contributed by atoms with E-state index in [1.54, 1.807) is 36.4 Å². The van der Waals surface area contributed by atoms with E-state index in [-0.39, 0.29) is 24.3 Å². The molecule has 0 N–H and O–H groups in total. The molecule has 4 nitrogen and oxygen atoms in total. The minimum absolute atomic E-state index is 0.105. The second kappa shape index (κ2) is 11.6. The molecule has 0 spiro atoms. The number of hydrogen-bond acceptors (Lipinski definition) is 4. The first-order chi connectivity index (χ1) is 13.4. The van der Waals surface area contributed by atoms with E-state index in [4.69, 9.17) is 72.2 Å². The maximum absolute atomic E-state index is 11.9. The number of ether oxygens (including phenoxy) is 3. The van der Waals surface area contributed by atoms with Gasteiger partial charge in [-0.3, -0.25) is 0 Å². The van der Waals surface area contributed by atoms with Crippen LogP contribution in [0.25, 0.3) is 0 Å². The summed E-state index contributed by atoms with van der Waals surface area (Å²) in [5.74, 6) is 0.344. The number of hydrogen-bond donors (Lipinski definition) is 0. The van der Waals surface area contributed by atoms with Gasteiger partial charge in [0.2, 0.25) is 0 Å². The average molecular weight is 485 g/mol. The maximum Gasteiger partial charge on any atom is 0.338 e. The predicted molar refractivity (Wildman–Crippen MR) is 114 cm³/mol. The number of carbonyl (C=O) groups excluding carboxylic acids is 1. The molecule has 0 aliphatic rings. The monoisotopic (exact) mass is 482 g/mol. The molecule has 2 aromatic carbocycles. The van der Waals surface area contributed by atoms with Crippen molar-refractivity contribution in [1.29, 1.82) is 0 Å². The Morgan fingerprint density at radius 3 is 2.18 bits per heavy atom. The van der Waals surface area contributed by atoms with E-state index >= 15 is 0 Å². The Labute approximate surface area is 187 Å². The molecule has 28 heavy (non-hydrogen) atoms. The average Bonchev–Trinajstić information content (AvgIpc) is 2.63. The molecule has 0 radical (unpaired) electrons. The Kier molecular flexibility index (Phi) is 9.56. The van der Waals surface area contributed by atoms with Gasteiger partial charge in [-0.2, -0.15) is 0 Å². The van der Waals surface area contributed by atoms with Gasteiger partial charge in [0.15, 0.2) is 5.75 Å². The Morgan fingerprint density at radius 2 is 1.57 bits per heavy atom. The molecule has 0 aliphatic heterocycles. The van der Waals surface area contributed by atoms with Crippen molar-refractivity contribution in [2.45, 2.75) is 6.42 Å². The standard InChI is InChI=1S/C19H15Cl5O4/c20-13-4-2-12(3-5-13)19(25)28-8-1-7-27-18-15(21)10-14(11-16(18)22)26-9-6-17(23)24/h2-6,10-11H,1,7-9H2. The lowest BCUT2D eigenvalue weighted by Crippen LogP contribution is -2.09. The molecule has 0 saturated carbocycles. The van der Waals surface area contributed by atoms with Crippen molar-refractivity contribution in [3.63, 3.8) is 0 Å². The van der Waals surface area contributed by atoms with Crippen LogP contribution in [0, 0.1) is 0 Å². The van der Waals surface area contributed by atoms with Gasteiger partial charge in [0.05, 0.1) is 28.8 Å². The van der Waals surface area contributed by atoms with Crippen LogP contribution in [-0.2, 0) is 4.74 Å². The molecule has 0 saturated heterocycles. The van der Waals surface area contributed by atoms with Crippen LogP contribution in [0.5, 0.6) is 11.5 Å². The Bertz CT molecular complexity index is 810. The van der Waals surface area contributed by atoms with E-state index in [9.17, 15) is 4.79 Å². The summed E-state index contributed by atoms with van der Waals surface area (Å²) in [5.41, 5.74) is 0.428. The first kappa shape index (κ1) is 23.0. The van der Waals surface area contributed by atoms with E-state index < -0.39 is 5.97 Å². The van der Waals surface area contributed by atoms with Crippen molar-refractivity contribution in [2.24, 2.45) is 0 Å². The smallest absolute Gasteiger partial charge is 0.338 e. The molecule has 0 heterocycles. The topological polar surface area (TPSA) is 44.8 Å². The highest BCUT2D eigenvalue weighted by Crippen LogP contribution is 2.37. The molecule has 9 heteroatoms. The van der Waals surface area contributed by atoms with Crippen LogP contribution in [0.15, 0.2) is 47.0 Å². The fourth-order valence-electron chi connectivity index (χ4n) is 2.03. The molecule has 0 unspecified atom stereocenters. The third-order valence-electron chi connectivity index (χ3n) is 3.31. The third-order valence-corrected chi connectivity index (χ3v) is 4.43. The number of halogens is 5. The van der Waals surface area contributed by atoms with Crippen LogP contribution in [0.1, 0.15) is 16.8 Å². The Morgan fingerprint density at radius 1 is 0.929 bits per heavy atom. The summed E-state index contributed by atoms with van der Waals surface area (Å²) in [6.45, 7) is 0.621. The highest BCUT2D eigenvalue weighted by Gasteiger charge is 2.11. The van der Waals surface area contributed by atoms with Gasteiger partial charge < -0.3 is 14.2 Å². The van der Waals surface area contributed by atoms with Gasteiger partial charge in [-0.25, -0.2) is 4.79 Å². The zero-order valence-corrected chi connectivity index (χ0v) is 18.2. The van der Waals surface area contributed by atoms with Gasteiger partial charge in [-0.15, -0.1) is 0 Å². The summed E-state index contributed by atoms with van der Waals surface area (Å²) < 4.78 is 16.3. The lowest BCUT2D eigenvalue weighted by Gasteiger charge is -2.12. The van der Waals surface area contributed by atoms with E-state index in [2.05, 4.69) is 0 Å². The van der Waals surface area contributed by atoms with Crippen molar-refractivity contribution < 1.29 is 19.0 Å². The van der Waals surface area contributed by atoms with E-state index in [1.807, 2.05) is 0 Å². The van der Waals surface area contributed by atoms with Crippen molar-refractivity contribution in [3.8, 4) is 11.5 Å². The quantitative estimate of drug-likeness (QED) is 0.285. The fraction of sp³-hybridized carbons (Fsp3) is 0.211. The van der Waals surface area contributed by atoms with Crippen LogP contribution in [-0.4, -0.2) is 25.8 Å². The summed E-state index contributed by atoms with van der Waals surface area (Å²) in [5, 5.41) is 1.14. The normalized spacial score (nSPS) is 10.3. The van der Waals surface area contributed by atoms with Crippen LogP contribution in [0.2, 0.25) is 15.1 Å². The molecule has 0 bridgehead atoms. The summed E-state index contributed by atoms with van der Waals surface area (Å²) >= 11 is 29.2. The number of carbonyl (C=O) groups is 1. The molecule has 0 amide bonds. The van der Waals surface area contributed by atoms with Gasteiger partial charge in [-0.05, 0) is 30.3 Å². The van der Waals surface area contributed by atoms with Gasteiger partial charge in [0.25, 0.3) is 0 Å². The molecule has 0 atom stereocenters. The van der Waals surface area contributed by atoms with Crippen molar-refractivity contribution in [2.75, 3.05) is 19.8 Å². The van der Waals surface area contributed by atoms with Crippen molar-refractivity contribution >= 4 is 64.0 Å². The summed E-state index contributed by atoms with van der Waals surface area (Å²) in [6, 6.07) is 9.58. The summed E-state index contributed by atoms with van der Waals surface area (Å²) in [4.78, 5) is 11.9. The second-order valence-corrected chi connectivity index (χ2v) is 7.62. The SMILES string of the molecule is O=C(OCCCOc1c(Cl)cc(OCC=C(Cl)Cl)cc1Cl)c1ccc(Cl)cc1. The number of benzene rings is 2. The third kappa shape index (κ3) is 7.61. The van der Waals surface area contributed by atoms with Crippen LogP contribution in [0.3, 0.4) is 0 Å². The lowest BCUT2D eigenvalue weighted by atomic mass is 10.2. The number of rotatable bonds is 9. The molecule has 150 valence electrons. The predicted octanol–water partition coefficient (Wildman–Crippen LogP) is 6.97. The summed E-state index contributed by atoms with van der Waals surface area (Å²) in [6.07, 6.45) is 1.95. The highest BCUT2D eigenvalue weighted by atomic mass is 35.5. The minimum atomic E-state index is -0.430. The first-order valence-corrected chi connectivity index (χ1v) is 9.94. The highest BCUT2D eigenvalue weighted by molar-refractivity contribution is 6.55. The van der Waals surface area contributed by atoms with Crippen molar-refractivity contribution in [1.82, 2.24) is 0 Å². The maximum atomic E-state index is 11.9. The van der Waals surface area contributed by atoms with Gasteiger partial charge in [-0.1, -0.05) is 58.0 Å². The lowest BCUT2D eigenvalue weighted by molar-refractivity contribution is 0.0486. The second-order valence-electron chi connectivity index (χ2n) is 5.37. The number of esters is 1. The van der Waals surface area contributed by atoms with Gasteiger partial charge >= 0.3 is 5.97 Å².